The lowest BCUT2D eigenvalue weighted by molar-refractivity contribution is -0.131. The van der Waals surface area contributed by atoms with E-state index in [1.54, 1.807) is 19.2 Å². The fourth-order valence-electron chi connectivity index (χ4n) is 2.19. The van der Waals surface area contributed by atoms with Gasteiger partial charge in [-0.2, -0.15) is 4.72 Å². The first kappa shape index (κ1) is 19.9. The molecule has 2 rings (SSSR count). The lowest BCUT2D eigenvalue weighted by atomic mass is 10.3. The van der Waals surface area contributed by atoms with Crippen molar-refractivity contribution in [2.75, 3.05) is 14.2 Å². The van der Waals surface area contributed by atoms with Gasteiger partial charge >= 0.3 is 0 Å². The molecule has 0 aliphatic heterocycles. The molecule has 1 atom stereocenters. The van der Waals surface area contributed by atoms with Crippen LogP contribution in [0.4, 0.5) is 0 Å². The third kappa shape index (κ3) is 5.27. The topological polar surface area (TPSA) is 75.7 Å². The van der Waals surface area contributed by atoms with Crippen molar-refractivity contribution >= 4 is 43.2 Å². The number of methoxy groups -OCH3 is 1. The zero-order valence-electron chi connectivity index (χ0n) is 14.0. The molecule has 0 fully saturated rings. The second kappa shape index (κ2) is 8.31. The minimum absolute atomic E-state index is 0.0813. The molecule has 0 aliphatic rings. The summed E-state index contributed by atoms with van der Waals surface area (Å²) in [6, 6.07) is 7.04. The molecule has 25 heavy (non-hydrogen) atoms. The Kier molecular flexibility index (Phi) is 6.61. The first-order valence-electron chi connectivity index (χ1n) is 7.37. The van der Waals surface area contributed by atoms with Crippen LogP contribution in [0.1, 0.15) is 11.8 Å². The highest BCUT2D eigenvalue weighted by molar-refractivity contribution is 9.10. The second-order valence-electron chi connectivity index (χ2n) is 5.44. The Morgan fingerprint density at radius 1 is 1.36 bits per heavy atom. The highest BCUT2D eigenvalue weighted by Crippen LogP contribution is 2.21. The van der Waals surface area contributed by atoms with E-state index in [1.165, 1.54) is 42.4 Å². The third-order valence-electron chi connectivity index (χ3n) is 3.46. The SMILES string of the molecule is COc1ccc(S(=O)(=O)N[C@@H](C)C(=O)N(C)Cc2cc(Br)cs2)cc1. The van der Waals surface area contributed by atoms with Gasteiger partial charge in [0.1, 0.15) is 5.75 Å². The summed E-state index contributed by atoms with van der Waals surface area (Å²) >= 11 is 4.90. The zero-order chi connectivity index (χ0) is 18.6. The standard InChI is InChI=1S/C16H19BrN2O4S2/c1-11(16(20)19(2)9-14-8-12(17)10-24-14)18-25(21,22)15-6-4-13(23-3)5-7-15/h4-8,10-11,18H,9H2,1-3H3/t11-/m0/s1. The number of ether oxygens (including phenoxy) is 1. The van der Waals surface area contributed by atoms with Crippen molar-refractivity contribution in [3.05, 3.63) is 45.1 Å². The fourth-order valence-corrected chi connectivity index (χ4v) is 4.89. The molecule has 1 aromatic carbocycles. The monoisotopic (exact) mass is 446 g/mol. The van der Waals surface area contributed by atoms with E-state index in [4.69, 9.17) is 4.74 Å². The van der Waals surface area contributed by atoms with E-state index in [1.807, 2.05) is 11.4 Å². The van der Waals surface area contributed by atoms with Gasteiger partial charge in [0.05, 0.1) is 24.6 Å². The molecular formula is C16H19BrN2O4S2. The van der Waals surface area contributed by atoms with Crippen molar-refractivity contribution in [2.45, 2.75) is 24.4 Å². The van der Waals surface area contributed by atoms with Crippen LogP contribution in [0.5, 0.6) is 5.75 Å². The van der Waals surface area contributed by atoms with Crippen molar-refractivity contribution in [2.24, 2.45) is 0 Å². The van der Waals surface area contributed by atoms with Crippen molar-refractivity contribution in [3.8, 4) is 5.75 Å². The van der Waals surface area contributed by atoms with Crippen LogP contribution in [-0.2, 0) is 21.4 Å². The van der Waals surface area contributed by atoms with Gasteiger partial charge in [-0.1, -0.05) is 0 Å². The molecule has 1 heterocycles. The summed E-state index contributed by atoms with van der Waals surface area (Å²) in [4.78, 5) is 15.0. The molecule has 9 heteroatoms. The van der Waals surface area contributed by atoms with Gasteiger partial charge < -0.3 is 9.64 Å². The molecule has 6 nitrogen and oxygen atoms in total. The number of rotatable bonds is 7. The zero-order valence-corrected chi connectivity index (χ0v) is 17.2. The first-order valence-corrected chi connectivity index (χ1v) is 10.5. The van der Waals surface area contributed by atoms with E-state index >= 15 is 0 Å². The number of benzene rings is 1. The minimum atomic E-state index is -3.79. The van der Waals surface area contributed by atoms with Gasteiger partial charge in [0, 0.05) is 21.8 Å². The van der Waals surface area contributed by atoms with Crippen molar-refractivity contribution < 1.29 is 17.9 Å². The second-order valence-corrected chi connectivity index (χ2v) is 9.07. The number of nitrogens with zero attached hydrogens (tertiary/aromatic N) is 1. The minimum Gasteiger partial charge on any atom is -0.497 e. The normalized spacial score (nSPS) is 12.6. The lowest BCUT2D eigenvalue weighted by Gasteiger charge is -2.21. The van der Waals surface area contributed by atoms with Gasteiger partial charge in [-0.3, -0.25) is 4.79 Å². The summed E-state index contributed by atoms with van der Waals surface area (Å²) < 4.78 is 33.2. The van der Waals surface area contributed by atoms with Crippen molar-refractivity contribution in [3.63, 3.8) is 0 Å². The number of carbonyl (C=O) groups is 1. The highest BCUT2D eigenvalue weighted by atomic mass is 79.9. The van der Waals surface area contributed by atoms with Crippen LogP contribution in [0, 0.1) is 0 Å². The Balaban J connectivity index is 2.03. The van der Waals surface area contributed by atoms with Gasteiger partial charge in [-0.05, 0) is 53.2 Å². The predicted molar refractivity (Wildman–Crippen MR) is 101 cm³/mol. The predicted octanol–water partition coefficient (Wildman–Crippen LogP) is 2.84. The summed E-state index contributed by atoms with van der Waals surface area (Å²) in [5.41, 5.74) is 0. The number of carbonyl (C=O) groups excluding carboxylic acids is 1. The average molecular weight is 447 g/mol. The number of halogens is 1. The molecule has 0 spiro atoms. The van der Waals surface area contributed by atoms with Crippen LogP contribution in [0.3, 0.4) is 0 Å². The Morgan fingerprint density at radius 3 is 2.52 bits per heavy atom. The number of sulfonamides is 1. The Hall–Kier alpha value is -1.42. The summed E-state index contributed by atoms with van der Waals surface area (Å²) in [6.45, 7) is 1.95. The molecule has 0 bridgehead atoms. The van der Waals surface area contributed by atoms with Gasteiger partial charge in [0.25, 0.3) is 0 Å². The number of hydrogen-bond acceptors (Lipinski definition) is 5. The maximum Gasteiger partial charge on any atom is 0.241 e. The number of nitrogens with one attached hydrogen (secondary N) is 1. The quantitative estimate of drug-likeness (QED) is 0.709. The lowest BCUT2D eigenvalue weighted by Crippen LogP contribution is -2.45. The summed E-state index contributed by atoms with van der Waals surface area (Å²) in [7, 11) is -0.638. The Morgan fingerprint density at radius 2 is 2.00 bits per heavy atom. The van der Waals surface area contributed by atoms with Crippen LogP contribution in [0.25, 0.3) is 0 Å². The molecule has 1 amide bonds. The molecule has 0 saturated heterocycles. The molecule has 1 aromatic heterocycles. The molecule has 0 saturated carbocycles. The Bertz CT molecular complexity index is 834. The summed E-state index contributed by atoms with van der Waals surface area (Å²) in [6.07, 6.45) is 0. The fraction of sp³-hybridized carbons (Fsp3) is 0.312. The molecule has 2 aromatic rings. The van der Waals surface area contributed by atoms with Crippen LogP contribution in [0.2, 0.25) is 0 Å². The molecule has 0 unspecified atom stereocenters. The van der Waals surface area contributed by atoms with Crippen LogP contribution >= 0.6 is 27.3 Å². The van der Waals surface area contributed by atoms with Gasteiger partial charge in [-0.25, -0.2) is 8.42 Å². The average Bonchev–Trinajstić information content (AvgIpc) is 2.98. The van der Waals surface area contributed by atoms with Gasteiger partial charge in [-0.15, -0.1) is 11.3 Å². The number of amides is 1. The van der Waals surface area contributed by atoms with Crippen LogP contribution in [0.15, 0.2) is 45.1 Å². The number of thiophene rings is 1. The molecule has 0 radical (unpaired) electrons. The van der Waals surface area contributed by atoms with Gasteiger partial charge in [0.15, 0.2) is 0 Å². The van der Waals surface area contributed by atoms with E-state index < -0.39 is 16.1 Å². The molecule has 1 N–H and O–H groups in total. The third-order valence-corrected chi connectivity index (χ3v) is 6.70. The molecule has 0 aliphatic carbocycles. The number of likely N-dealkylation sites (N-methyl/N-ethyl adjacent to an activating group) is 1. The first-order chi connectivity index (χ1) is 11.7. The van der Waals surface area contributed by atoms with Crippen molar-refractivity contribution in [1.82, 2.24) is 9.62 Å². The summed E-state index contributed by atoms with van der Waals surface area (Å²) in [5, 5.41) is 1.93. The van der Waals surface area contributed by atoms with Crippen molar-refractivity contribution in [1.29, 1.82) is 0 Å². The van der Waals surface area contributed by atoms with Crippen LogP contribution in [-0.4, -0.2) is 39.4 Å². The largest absolute Gasteiger partial charge is 0.497 e. The van der Waals surface area contributed by atoms with E-state index in [-0.39, 0.29) is 10.8 Å². The van der Waals surface area contributed by atoms with E-state index in [0.29, 0.717) is 12.3 Å². The molecular weight excluding hydrogens is 428 g/mol. The van der Waals surface area contributed by atoms with E-state index in [0.717, 1.165) is 9.35 Å². The van der Waals surface area contributed by atoms with E-state index in [2.05, 4.69) is 20.7 Å². The van der Waals surface area contributed by atoms with Crippen LogP contribution < -0.4 is 9.46 Å². The maximum absolute atomic E-state index is 12.4. The highest BCUT2D eigenvalue weighted by Gasteiger charge is 2.24. The van der Waals surface area contributed by atoms with Gasteiger partial charge in [0.2, 0.25) is 15.9 Å². The molecule has 136 valence electrons. The summed E-state index contributed by atoms with van der Waals surface area (Å²) in [5.74, 6) is 0.256. The smallest absolute Gasteiger partial charge is 0.241 e. The number of hydrogen-bond donors (Lipinski definition) is 1. The van der Waals surface area contributed by atoms with E-state index in [9.17, 15) is 13.2 Å². The maximum atomic E-state index is 12.4. The Labute approximate surface area is 160 Å².